The van der Waals surface area contributed by atoms with Crippen LogP contribution in [-0.2, 0) is 7.05 Å². The number of fused-ring (bicyclic) bond motifs is 1. The Morgan fingerprint density at radius 2 is 2.38 bits per heavy atom. The van der Waals surface area contributed by atoms with Gasteiger partial charge in [-0.25, -0.2) is 14.6 Å². The van der Waals surface area contributed by atoms with Crippen molar-refractivity contribution in [1.29, 1.82) is 0 Å². The molecule has 3 aromatic rings. The molecule has 80 valence electrons. The number of nitrogens with zero attached hydrogens (tertiary/aromatic N) is 6. The van der Waals surface area contributed by atoms with Crippen molar-refractivity contribution in [2.75, 3.05) is 0 Å². The van der Waals surface area contributed by atoms with Crippen LogP contribution in [0.5, 0.6) is 0 Å². The summed E-state index contributed by atoms with van der Waals surface area (Å²) in [5, 5.41) is 14.5. The molecule has 0 bridgehead atoms. The van der Waals surface area contributed by atoms with Crippen molar-refractivity contribution in [2.24, 2.45) is 7.05 Å². The molecule has 0 N–H and O–H groups in total. The fourth-order valence-electron chi connectivity index (χ4n) is 1.19. The molecule has 3 rings (SSSR count). The topological polar surface area (TPSA) is 69.4 Å². The van der Waals surface area contributed by atoms with Gasteiger partial charge in [-0.15, -0.1) is 16.4 Å². The average molecular weight is 250 g/mol. The fraction of sp³-hybridized carbons (Fsp3) is 0.125. The van der Waals surface area contributed by atoms with Gasteiger partial charge in [-0.05, 0) is 33.6 Å². The molecule has 0 radical (unpaired) electrons. The molecule has 0 aliphatic carbocycles. The minimum Gasteiger partial charge on any atom is -0.229 e. The summed E-state index contributed by atoms with van der Waals surface area (Å²) in [6, 6.07) is 1.97. The van der Waals surface area contributed by atoms with Crippen LogP contribution in [0.4, 0.5) is 0 Å². The molecule has 0 fully saturated rings. The number of hydrogen-bond acceptors (Lipinski definition) is 7. The molecule has 0 aliphatic rings. The van der Waals surface area contributed by atoms with Crippen LogP contribution in [0.2, 0.25) is 0 Å². The van der Waals surface area contributed by atoms with Crippen LogP contribution < -0.4 is 0 Å². The highest BCUT2D eigenvalue weighted by Crippen LogP contribution is 2.24. The van der Waals surface area contributed by atoms with E-state index in [0.29, 0.717) is 10.3 Å². The third-order valence-corrected chi connectivity index (χ3v) is 3.69. The Kier molecular flexibility index (Phi) is 2.29. The first-order valence-electron chi connectivity index (χ1n) is 4.43. The van der Waals surface area contributed by atoms with E-state index >= 15 is 0 Å². The lowest BCUT2D eigenvalue weighted by Crippen LogP contribution is -1.94. The molecule has 0 unspecified atom stereocenters. The maximum Gasteiger partial charge on any atom is 0.216 e. The average Bonchev–Trinajstić information content (AvgIpc) is 2.88. The quantitative estimate of drug-likeness (QED) is 0.640. The molecule has 0 saturated heterocycles. The number of aryl methyl sites for hydroxylation is 1. The maximum absolute atomic E-state index is 4.40. The number of rotatable bonds is 2. The smallest absolute Gasteiger partial charge is 0.216 e. The highest BCUT2D eigenvalue weighted by molar-refractivity contribution is 7.99. The molecule has 0 atom stereocenters. The summed E-state index contributed by atoms with van der Waals surface area (Å²) in [6.45, 7) is 0. The normalized spacial score (nSPS) is 11.1. The molecule has 3 heterocycles. The van der Waals surface area contributed by atoms with Crippen molar-refractivity contribution in [1.82, 2.24) is 30.2 Å². The van der Waals surface area contributed by atoms with Gasteiger partial charge in [0.15, 0.2) is 5.16 Å². The molecule has 8 heteroatoms. The third-order valence-electron chi connectivity index (χ3n) is 1.95. The summed E-state index contributed by atoms with van der Waals surface area (Å²) in [7, 11) is 1.78. The molecule has 0 aromatic carbocycles. The van der Waals surface area contributed by atoms with Gasteiger partial charge in [0.1, 0.15) is 0 Å². The number of aromatic nitrogens is 6. The Bertz CT molecular complexity index is 630. The van der Waals surface area contributed by atoms with Gasteiger partial charge in [0, 0.05) is 13.2 Å². The van der Waals surface area contributed by atoms with Gasteiger partial charge in [-0.3, -0.25) is 0 Å². The Labute approximate surface area is 98.7 Å². The van der Waals surface area contributed by atoms with Gasteiger partial charge in [-0.2, -0.15) is 0 Å². The van der Waals surface area contributed by atoms with Crippen molar-refractivity contribution >= 4 is 33.3 Å². The SMILES string of the molecule is Cn1nnnc1Sc1ncc2sccc2n1. The summed E-state index contributed by atoms with van der Waals surface area (Å²) in [6.07, 6.45) is 1.82. The first-order valence-corrected chi connectivity index (χ1v) is 6.13. The van der Waals surface area contributed by atoms with Gasteiger partial charge in [0.2, 0.25) is 5.16 Å². The zero-order valence-corrected chi connectivity index (χ0v) is 9.86. The molecule has 0 spiro atoms. The lowest BCUT2D eigenvalue weighted by molar-refractivity contribution is 0.663. The van der Waals surface area contributed by atoms with Crippen molar-refractivity contribution in [3.63, 3.8) is 0 Å². The summed E-state index contributed by atoms with van der Waals surface area (Å²) in [5.41, 5.74) is 0.956. The second-order valence-electron chi connectivity index (χ2n) is 3.01. The van der Waals surface area contributed by atoms with Crippen LogP contribution in [0.25, 0.3) is 10.2 Å². The predicted molar refractivity (Wildman–Crippen MR) is 60.3 cm³/mol. The number of hydrogen-bond donors (Lipinski definition) is 0. The monoisotopic (exact) mass is 250 g/mol. The molecule has 0 aliphatic heterocycles. The summed E-state index contributed by atoms with van der Waals surface area (Å²) in [4.78, 5) is 8.65. The minimum absolute atomic E-state index is 0.656. The maximum atomic E-state index is 4.40. The molecular formula is C8H6N6S2. The van der Waals surface area contributed by atoms with Crippen LogP contribution in [0, 0.1) is 0 Å². The first kappa shape index (κ1) is 9.67. The van der Waals surface area contributed by atoms with Crippen LogP contribution in [0.15, 0.2) is 28.0 Å². The standard InChI is InChI=1S/C8H6N6S2/c1-14-8(11-12-13-14)16-7-9-4-6-5(10-7)2-3-15-6/h2-4H,1H3. The Morgan fingerprint density at radius 3 is 3.19 bits per heavy atom. The van der Waals surface area contributed by atoms with E-state index in [2.05, 4.69) is 25.5 Å². The number of tetrazole rings is 1. The molecule has 3 aromatic heterocycles. The molecule has 16 heavy (non-hydrogen) atoms. The second-order valence-corrected chi connectivity index (χ2v) is 4.89. The zero-order chi connectivity index (χ0) is 11.0. The van der Waals surface area contributed by atoms with Crippen molar-refractivity contribution < 1.29 is 0 Å². The first-order chi connectivity index (χ1) is 7.83. The van der Waals surface area contributed by atoms with Crippen LogP contribution in [0.1, 0.15) is 0 Å². The van der Waals surface area contributed by atoms with Gasteiger partial charge in [-0.1, -0.05) is 0 Å². The van der Waals surface area contributed by atoms with Gasteiger partial charge >= 0.3 is 0 Å². The lowest BCUT2D eigenvalue weighted by atomic mass is 10.5. The fourth-order valence-corrected chi connectivity index (χ4v) is 2.54. The van der Waals surface area contributed by atoms with E-state index in [9.17, 15) is 0 Å². The Hall–Kier alpha value is -1.54. The van der Waals surface area contributed by atoms with E-state index in [0.717, 1.165) is 10.2 Å². The van der Waals surface area contributed by atoms with E-state index in [-0.39, 0.29) is 0 Å². The Balaban J connectivity index is 1.97. The van der Waals surface area contributed by atoms with Crippen molar-refractivity contribution in [3.05, 3.63) is 17.6 Å². The van der Waals surface area contributed by atoms with Gasteiger partial charge in [0.25, 0.3) is 0 Å². The van der Waals surface area contributed by atoms with E-state index in [1.165, 1.54) is 11.8 Å². The summed E-state index contributed by atoms with van der Waals surface area (Å²) in [5.74, 6) is 0. The summed E-state index contributed by atoms with van der Waals surface area (Å²) >= 11 is 2.98. The van der Waals surface area contributed by atoms with Crippen LogP contribution in [0.3, 0.4) is 0 Å². The predicted octanol–water partition coefficient (Wildman–Crippen LogP) is 1.37. The number of thiophene rings is 1. The van der Waals surface area contributed by atoms with Crippen LogP contribution in [-0.4, -0.2) is 30.2 Å². The van der Waals surface area contributed by atoms with Gasteiger partial charge < -0.3 is 0 Å². The third kappa shape index (κ3) is 1.65. The largest absolute Gasteiger partial charge is 0.229 e. The second kappa shape index (κ2) is 3.80. The van der Waals surface area contributed by atoms with E-state index < -0.39 is 0 Å². The zero-order valence-electron chi connectivity index (χ0n) is 8.23. The lowest BCUT2D eigenvalue weighted by Gasteiger charge is -1.97. The molecular weight excluding hydrogens is 244 g/mol. The molecule has 0 saturated carbocycles. The van der Waals surface area contributed by atoms with E-state index in [1.54, 1.807) is 23.1 Å². The highest BCUT2D eigenvalue weighted by atomic mass is 32.2. The van der Waals surface area contributed by atoms with E-state index in [4.69, 9.17) is 0 Å². The van der Waals surface area contributed by atoms with Crippen molar-refractivity contribution in [2.45, 2.75) is 10.3 Å². The Morgan fingerprint density at radius 1 is 1.44 bits per heavy atom. The summed E-state index contributed by atoms with van der Waals surface area (Å²) < 4.78 is 2.67. The van der Waals surface area contributed by atoms with Crippen LogP contribution >= 0.6 is 23.1 Å². The van der Waals surface area contributed by atoms with Gasteiger partial charge in [0.05, 0.1) is 10.2 Å². The molecule has 6 nitrogen and oxygen atoms in total. The van der Waals surface area contributed by atoms with Crippen molar-refractivity contribution in [3.8, 4) is 0 Å². The molecule has 0 amide bonds. The highest BCUT2D eigenvalue weighted by Gasteiger charge is 2.08. The van der Waals surface area contributed by atoms with E-state index in [1.807, 2.05) is 17.6 Å². The minimum atomic E-state index is 0.656.